The smallest absolute Gasteiger partial charge is 0.213 e. The number of benzene rings is 1. The zero-order valence-corrected chi connectivity index (χ0v) is 18.4. The fraction of sp³-hybridized carbons (Fsp3) is 0.375. The predicted molar refractivity (Wildman–Crippen MR) is 121 cm³/mol. The number of piperidine rings is 1. The van der Waals surface area contributed by atoms with Crippen LogP contribution in [0.1, 0.15) is 19.3 Å². The number of alkyl halides is 1. The molecule has 5 rings (SSSR count). The van der Waals surface area contributed by atoms with Crippen LogP contribution in [0.2, 0.25) is 0 Å². The SMILES string of the molecule is COc1cc(-c2cc(O)c(-c3cnc(N(C)C4C[C@H]5CC[C@H](N5)C4F)cn3)cc2F)ccn1. The second kappa shape index (κ2) is 8.55. The third-order valence-corrected chi connectivity index (χ3v) is 6.67. The molecule has 4 atom stereocenters. The van der Waals surface area contributed by atoms with Gasteiger partial charge < -0.3 is 20.1 Å². The van der Waals surface area contributed by atoms with Crippen LogP contribution in [0.4, 0.5) is 14.6 Å². The molecule has 0 saturated carbocycles. The largest absolute Gasteiger partial charge is 0.507 e. The summed E-state index contributed by atoms with van der Waals surface area (Å²) in [5.74, 6) is 0.229. The quantitative estimate of drug-likeness (QED) is 0.609. The normalized spacial score (nSPS) is 24.0. The first kappa shape index (κ1) is 21.5. The minimum absolute atomic E-state index is 0.109. The van der Waals surface area contributed by atoms with Gasteiger partial charge in [0.25, 0.3) is 0 Å². The molecule has 4 heterocycles. The lowest BCUT2D eigenvalue weighted by Crippen LogP contribution is -2.55. The molecule has 33 heavy (non-hydrogen) atoms. The molecule has 0 amide bonds. The number of anilines is 1. The molecule has 2 aromatic heterocycles. The van der Waals surface area contributed by atoms with E-state index in [4.69, 9.17) is 4.74 Å². The summed E-state index contributed by atoms with van der Waals surface area (Å²) in [4.78, 5) is 14.6. The highest BCUT2D eigenvalue weighted by atomic mass is 19.1. The van der Waals surface area contributed by atoms with Gasteiger partial charge in [-0.05, 0) is 43.0 Å². The van der Waals surface area contributed by atoms with E-state index >= 15 is 0 Å². The van der Waals surface area contributed by atoms with Crippen LogP contribution in [0.3, 0.4) is 0 Å². The highest BCUT2D eigenvalue weighted by molar-refractivity contribution is 5.75. The third kappa shape index (κ3) is 3.97. The van der Waals surface area contributed by atoms with Gasteiger partial charge in [0, 0.05) is 42.5 Å². The number of halogens is 2. The average molecular weight is 453 g/mol. The highest BCUT2D eigenvalue weighted by Crippen LogP contribution is 2.36. The van der Waals surface area contributed by atoms with Crippen LogP contribution in [0.5, 0.6) is 11.6 Å². The van der Waals surface area contributed by atoms with Gasteiger partial charge in [-0.2, -0.15) is 0 Å². The lowest BCUT2D eigenvalue weighted by atomic mass is 9.96. The van der Waals surface area contributed by atoms with Gasteiger partial charge in [0.1, 0.15) is 23.6 Å². The summed E-state index contributed by atoms with van der Waals surface area (Å²) in [6.07, 6.45) is 6.09. The molecule has 2 fully saturated rings. The van der Waals surface area contributed by atoms with Crippen LogP contribution in [0, 0.1) is 5.82 Å². The van der Waals surface area contributed by atoms with Crippen LogP contribution in [0.25, 0.3) is 22.4 Å². The summed E-state index contributed by atoms with van der Waals surface area (Å²) in [7, 11) is 3.30. The maximum Gasteiger partial charge on any atom is 0.213 e. The summed E-state index contributed by atoms with van der Waals surface area (Å²) in [6, 6.07) is 5.75. The fourth-order valence-electron chi connectivity index (χ4n) is 4.84. The molecule has 9 heteroatoms. The van der Waals surface area contributed by atoms with Crippen molar-refractivity contribution in [1.29, 1.82) is 0 Å². The first-order valence-corrected chi connectivity index (χ1v) is 10.9. The van der Waals surface area contributed by atoms with Crippen LogP contribution >= 0.6 is 0 Å². The Morgan fingerprint density at radius 1 is 1.12 bits per heavy atom. The first-order valence-electron chi connectivity index (χ1n) is 10.9. The van der Waals surface area contributed by atoms with Crippen molar-refractivity contribution in [2.75, 3.05) is 19.1 Å². The van der Waals surface area contributed by atoms with Gasteiger partial charge in [0.05, 0.1) is 31.2 Å². The summed E-state index contributed by atoms with van der Waals surface area (Å²) in [6.45, 7) is 0. The van der Waals surface area contributed by atoms with Gasteiger partial charge in [-0.3, -0.25) is 4.98 Å². The maximum atomic E-state index is 14.9. The second-order valence-electron chi connectivity index (χ2n) is 8.60. The Hall–Kier alpha value is -3.33. The molecule has 2 aliphatic rings. The number of fused-ring (bicyclic) bond motifs is 2. The number of hydrogen-bond donors (Lipinski definition) is 2. The van der Waals surface area contributed by atoms with Crippen LogP contribution in [0.15, 0.2) is 42.9 Å². The summed E-state index contributed by atoms with van der Waals surface area (Å²) < 4.78 is 34.9. The molecule has 2 saturated heterocycles. The van der Waals surface area contributed by atoms with E-state index < -0.39 is 12.0 Å². The number of aromatic nitrogens is 3. The molecule has 2 aliphatic heterocycles. The molecule has 0 aliphatic carbocycles. The molecule has 0 radical (unpaired) electrons. The second-order valence-corrected chi connectivity index (χ2v) is 8.60. The minimum Gasteiger partial charge on any atom is -0.507 e. The number of pyridine rings is 1. The van der Waals surface area contributed by atoms with Crippen molar-refractivity contribution in [2.45, 2.75) is 43.6 Å². The van der Waals surface area contributed by atoms with Gasteiger partial charge in [-0.15, -0.1) is 0 Å². The number of nitrogens with zero attached hydrogens (tertiary/aromatic N) is 4. The van der Waals surface area contributed by atoms with Crippen molar-refractivity contribution < 1.29 is 18.6 Å². The van der Waals surface area contributed by atoms with Crippen molar-refractivity contribution in [3.63, 3.8) is 0 Å². The average Bonchev–Trinajstić information content (AvgIpc) is 3.25. The van der Waals surface area contributed by atoms with E-state index in [0.717, 1.165) is 12.8 Å². The topological polar surface area (TPSA) is 83.4 Å². The number of rotatable bonds is 5. The standard InChI is InChI=1S/C24H25F2N5O2/c1-31(20-8-14-3-4-18(30-14)24(20)26)22-12-28-19(11-29-22)16-9-17(25)15(10-21(16)32)13-5-6-27-23(7-13)33-2/h5-7,9-12,14,18,20,24,30,32H,3-4,8H2,1-2H3/t14-,18+,20?,24?/m1/s1. The molecule has 172 valence electrons. The molecule has 0 spiro atoms. The van der Waals surface area contributed by atoms with Crippen molar-refractivity contribution in [3.05, 3.63) is 48.7 Å². The lowest BCUT2D eigenvalue weighted by molar-refractivity contribution is 0.176. The van der Waals surface area contributed by atoms with Gasteiger partial charge >= 0.3 is 0 Å². The predicted octanol–water partition coefficient (Wildman–Crippen LogP) is 3.73. The van der Waals surface area contributed by atoms with Crippen LogP contribution < -0.4 is 15.0 Å². The Kier molecular flexibility index (Phi) is 5.57. The van der Waals surface area contributed by atoms with Gasteiger partial charge in [-0.25, -0.2) is 18.7 Å². The van der Waals surface area contributed by atoms with E-state index in [9.17, 15) is 13.9 Å². The number of aromatic hydroxyl groups is 1. The van der Waals surface area contributed by atoms with E-state index in [0.29, 0.717) is 35.4 Å². The third-order valence-electron chi connectivity index (χ3n) is 6.67. The Morgan fingerprint density at radius 3 is 2.73 bits per heavy atom. The zero-order valence-electron chi connectivity index (χ0n) is 18.4. The van der Waals surface area contributed by atoms with E-state index in [2.05, 4.69) is 20.3 Å². The van der Waals surface area contributed by atoms with Gasteiger partial charge in [0.15, 0.2) is 0 Å². The van der Waals surface area contributed by atoms with Gasteiger partial charge in [0.2, 0.25) is 5.88 Å². The van der Waals surface area contributed by atoms with Gasteiger partial charge in [-0.1, -0.05) is 0 Å². The molecule has 2 bridgehead atoms. The number of phenolic OH excluding ortho intramolecular Hbond substituents is 1. The molecule has 1 aromatic carbocycles. The molecule has 2 unspecified atom stereocenters. The van der Waals surface area contributed by atoms with E-state index in [1.807, 2.05) is 11.9 Å². The summed E-state index contributed by atoms with van der Waals surface area (Å²) in [5.41, 5.74) is 1.30. The van der Waals surface area contributed by atoms with E-state index in [-0.39, 0.29) is 29.0 Å². The number of hydrogen-bond acceptors (Lipinski definition) is 7. The Balaban J connectivity index is 1.39. The van der Waals surface area contributed by atoms with E-state index in [1.165, 1.54) is 37.8 Å². The summed E-state index contributed by atoms with van der Waals surface area (Å²) >= 11 is 0. The Bertz CT molecular complexity index is 1160. The molecule has 2 N–H and O–H groups in total. The van der Waals surface area contributed by atoms with Crippen molar-refractivity contribution >= 4 is 5.82 Å². The first-order chi connectivity index (χ1) is 15.9. The lowest BCUT2D eigenvalue weighted by Gasteiger charge is -2.38. The molecular formula is C24H25F2N5O2. The number of ether oxygens (including phenoxy) is 1. The Morgan fingerprint density at radius 2 is 1.97 bits per heavy atom. The monoisotopic (exact) mass is 453 g/mol. The number of methoxy groups -OCH3 is 1. The van der Waals surface area contributed by atoms with E-state index in [1.54, 1.807) is 12.1 Å². The number of nitrogens with one attached hydrogen (secondary N) is 1. The van der Waals surface area contributed by atoms with Crippen LogP contribution in [-0.2, 0) is 0 Å². The van der Waals surface area contributed by atoms with Crippen LogP contribution in [-0.4, -0.2) is 58.5 Å². The minimum atomic E-state index is -0.979. The van der Waals surface area contributed by atoms with Crippen molar-refractivity contribution in [2.24, 2.45) is 0 Å². The summed E-state index contributed by atoms with van der Waals surface area (Å²) in [5, 5.41) is 13.9. The van der Waals surface area contributed by atoms with Crippen molar-refractivity contribution in [1.82, 2.24) is 20.3 Å². The molecule has 7 nitrogen and oxygen atoms in total. The highest BCUT2D eigenvalue weighted by Gasteiger charge is 2.43. The fourth-order valence-corrected chi connectivity index (χ4v) is 4.84. The zero-order chi connectivity index (χ0) is 23.1. The molecule has 3 aromatic rings. The number of phenols is 1. The Labute approximate surface area is 190 Å². The maximum absolute atomic E-state index is 14.9. The van der Waals surface area contributed by atoms with Crippen molar-refractivity contribution in [3.8, 4) is 34.0 Å². The molecular weight excluding hydrogens is 428 g/mol.